The molecule has 0 aliphatic rings. The Morgan fingerprint density at radius 2 is 0.917 bits per heavy atom. The molecule has 0 spiro atoms. The minimum atomic E-state index is 0.431. The zero-order valence-corrected chi connectivity index (χ0v) is 17.6. The van der Waals surface area contributed by atoms with Gasteiger partial charge in [-0.05, 0) is 12.8 Å². The SMILES string of the molecule is CCCCCCCCCCCC(=O)SCCCCCCCCCC. The van der Waals surface area contributed by atoms with Crippen LogP contribution in [0.3, 0.4) is 0 Å². The van der Waals surface area contributed by atoms with E-state index in [1.165, 1.54) is 103 Å². The molecule has 0 aliphatic heterocycles. The molecule has 0 atom stereocenters. The minimum absolute atomic E-state index is 0.431. The predicted octanol–water partition coefficient (Wildman–Crippen LogP) is 8.31. The van der Waals surface area contributed by atoms with Gasteiger partial charge in [-0.3, -0.25) is 4.79 Å². The van der Waals surface area contributed by atoms with Crippen molar-refractivity contribution in [2.24, 2.45) is 0 Å². The maximum absolute atomic E-state index is 11.8. The van der Waals surface area contributed by atoms with Gasteiger partial charge in [0.25, 0.3) is 0 Å². The molecule has 24 heavy (non-hydrogen) atoms. The fourth-order valence-electron chi connectivity index (χ4n) is 3.07. The Bertz CT molecular complexity index is 228. The predicted molar refractivity (Wildman–Crippen MR) is 112 cm³/mol. The van der Waals surface area contributed by atoms with Gasteiger partial charge in [0.2, 0.25) is 0 Å². The van der Waals surface area contributed by atoms with Crippen molar-refractivity contribution in [1.82, 2.24) is 0 Å². The molecule has 0 aromatic rings. The Morgan fingerprint density at radius 3 is 1.38 bits per heavy atom. The first-order chi connectivity index (χ1) is 11.8. The van der Waals surface area contributed by atoms with Crippen molar-refractivity contribution in [3.05, 3.63) is 0 Å². The first-order valence-corrected chi connectivity index (χ1v) is 12.0. The van der Waals surface area contributed by atoms with Crippen LogP contribution in [0.25, 0.3) is 0 Å². The average Bonchev–Trinajstić information content (AvgIpc) is 2.59. The highest BCUT2D eigenvalue weighted by atomic mass is 32.2. The Hall–Kier alpha value is 0.0200. The average molecular weight is 357 g/mol. The summed E-state index contributed by atoms with van der Waals surface area (Å²) in [5.41, 5.74) is 0. The molecule has 0 N–H and O–H groups in total. The number of hydrogen-bond donors (Lipinski definition) is 0. The van der Waals surface area contributed by atoms with E-state index in [2.05, 4.69) is 13.8 Å². The molecule has 0 aromatic heterocycles. The number of unbranched alkanes of at least 4 members (excludes halogenated alkanes) is 15. The van der Waals surface area contributed by atoms with Crippen molar-refractivity contribution < 1.29 is 4.79 Å². The lowest BCUT2D eigenvalue weighted by molar-refractivity contribution is -0.111. The normalized spacial score (nSPS) is 11.1. The fourth-order valence-corrected chi connectivity index (χ4v) is 3.94. The Labute approximate surface area is 157 Å². The largest absolute Gasteiger partial charge is 0.287 e. The van der Waals surface area contributed by atoms with E-state index in [1.54, 1.807) is 11.8 Å². The van der Waals surface area contributed by atoms with Crippen molar-refractivity contribution >= 4 is 16.9 Å². The van der Waals surface area contributed by atoms with Crippen LogP contribution in [0, 0.1) is 0 Å². The van der Waals surface area contributed by atoms with Crippen molar-refractivity contribution in [2.75, 3.05) is 5.75 Å². The fraction of sp³-hybridized carbons (Fsp3) is 0.955. The van der Waals surface area contributed by atoms with Crippen molar-refractivity contribution in [3.63, 3.8) is 0 Å². The van der Waals surface area contributed by atoms with Crippen molar-refractivity contribution in [3.8, 4) is 0 Å². The summed E-state index contributed by atoms with van der Waals surface area (Å²) in [6.45, 7) is 4.53. The maximum atomic E-state index is 11.8. The van der Waals surface area contributed by atoms with Gasteiger partial charge >= 0.3 is 0 Å². The van der Waals surface area contributed by atoms with E-state index in [9.17, 15) is 4.79 Å². The lowest BCUT2D eigenvalue weighted by Crippen LogP contribution is -1.94. The van der Waals surface area contributed by atoms with Gasteiger partial charge in [-0.1, -0.05) is 122 Å². The van der Waals surface area contributed by atoms with Crippen LogP contribution in [-0.4, -0.2) is 10.9 Å². The second-order valence-electron chi connectivity index (χ2n) is 7.27. The third-order valence-corrected chi connectivity index (χ3v) is 5.76. The van der Waals surface area contributed by atoms with Gasteiger partial charge in [0.05, 0.1) is 0 Å². The van der Waals surface area contributed by atoms with Crippen LogP contribution in [0.15, 0.2) is 0 Å². The van der Waals surface area contributed by atoms with Gasteiger partial charge in [-0.2, -0.15) is 0 Å². The summed E-state index contributed by atoms with van der Waals surface area (Å²) < 4.78 is 0. The lowest BCUT2D eigenvalue weighted by atomic mass is 10.1. The molecule has 0 heterocycles. The van der Waals surface area contributed by atoms with Gasteiger partial charge in [-0.15, -0.1) is 0 Å². The first-order valence-electron chi connectivity index (χ1n) is 11.0. The summed E-state index contributed by atoms with van der Waals surface area (Å²) in [5.74, 6) is 1.05. The molecular weight excluding hydrogens is 312 g/mol. The van der Waals surface area contributed by atoms with E-state index in [-0.39, 0.29) is 0 Å². The van der Waals surface area contributed by atoms with E-state index in [1.807, 2.05) is 0 Å². The summed E-state index contributed by atoms with van der Waals surface area (Å²) in [7, 11) is 0. The van der Waals surface area contributed by atoms with E-state index < -0.39 is 0 Å². The minimum Gasteiger partial charge on any atom is -0.287 e. The van der Waals surface area contributed by atoms with Crippen LogP contribution in [-0.2, 0) is 4.79 Å². The van der Waals surface area contributed by atoms with Gasteiger partial charge in [0.1, 0.15) is 0 Å². The summed E-state index contributed by atoms with van der Waals surface area (Å²) in [6.07, 6.45) is 23.6. The standard InChI is InChI=1S/C22H44OS/c1-3-5-7-9-11-13-14-16-18-20-22(23)24-21-19-17-15-12-10-8-6-4-2/h3-21H2,1-2H3. The Kier molecular flexibility index (Phi) is 21.1. The maximum Gasteiger partial charge on any atom is 0.188 e. The summed E-state index contributed by atoms with van der Waals surface area (Å²) in [4.78, 5) is 11.8. The number of carbonyl (C=O) groups excluding carboxylic acids is 1. The second kappa shape index (κ2) is 21.1. The highest BCUT2D eigenvalue weighted by Crippen LogP contribution is 2.16. The van der Waals surface area contributed by atoms with Gasteiger partial charge in [0.15, 0.2) is 5.12 Å². The molecule has 0 aliphatic carbocycles. The topological polar surface area (TPSA) is 17.1 Å². The van der Waals surface area contributed by atoms with Crippen LogP contribution < -0.4 is 0 Å². The molecule has 0 aromatic carbocycles. The zero-order valence-electron chi connectivity index (χ0n) is 16.8. The Balaban J connectivity index is 3.13. The molecule has 0 rings (SSSR count). The number of hydrogen-bond acceptors (Lipinski definition) is 2. The highest BCUT2D eigenvalue weighted by molar-refractivity contribution is 8.13. The molecule has 0 amide bonds. The van der Waals surface area contributed by atoms with Gasteiger partial charge in [0, 0.05) is 12.2 Å². The highest BCUT2D eigenvalue weighted by Gasteiger charge is 2.02. The number of carbonyl (C=O) groups is 1. The van der Waals surface area contributed by atoms with Gasteiger partial charge < -0.3 is 0 Å². The van der Waals surface area contributed by atoms with Crippen LogP contribution in [0.2, 0.25) is 0 Å². The van der Waals surface area contributed by atoms with Gasteiger partial charge in [-0.25, -0.2) is 0 Å². The quantitative estimate of drug-likeness (QED) is 0.216. The zero-order chi connectivity index (χ0) is 17.7. The molecule has 2 heteroatoms. The van der Waals surface area contributed by atoms with Crippen LogP contribution in [0.4, 0.5) is 0 Å². The van der Waals surface area contributed by atoms with Crippen LogP contribution in [0.1, 0.15) is 129 Å². The molecule has 0 unspecified atom stereocenters. The third kappa shape index (κ3) is 20.1. The summed E-state index contributed by atoms with van der Waals surface area (Å²) in [6, 6.07) is 0. The molecule has 1 nitrogen and oxygen atoms in total. The Morgan fingerprint density at radius 1 is 0.542 bits per heavy atom. The third-order valence-electron chi connectivity index (χ3n) is 4.75. The molecule has 0 bridgehead atoms. The summed E-state index contributed by atoms with van der Waals surface area (Å²) >= 11 is 1.59. The number of rotatable bonds is 19. The summed E-state index contributed by atoms with van der Waals surface area (Å²) in [5, 5.41) is 0.431. The molecular formula is C22H44OS. The first kappa shape index (κ1) is 24.0. The van der Waals surface area contributed by atoms with Crippen LogP contribution in [0.5, 0.6) is 0 Å². The lowest BCUT2D eigenvalue weighted by Gasteiger charge is -2.03. The van der Waals surface area contributed by atoms with E-state index in [4.69, 9.17) is 0 Å². The van der Waals surface area contributed by atoms with Crippen LogP contribution >= 0.6 is 11.8 Å². The smallest absolute Gasteiger partial charge is 0.188 e. The van der Waals surface area contributed by atoms with Crippen molar-refractivity contribution in [1.29, 1.82) is 0 Å². The molecule has 0 saturated heterocycles. The molecule has 0 fully saturated rings. The second-order valence-corrected chi connectivity index (χ2v) is 8.43. The van der Waals surface area contributed by atoms with E-state index in [0.29, 0.717) is 5.12 Å². The van der Waals surface area contributed by atoms with E-state index in [0.717, 1.165) is 18.6 Å². The number of thioether (sulfide) groups is 1. The monoisotopic (exact) mass is 356 g/mol. The van der Waals surface area contributed by atoms with Crippen molar-refractivity contribution in [2.45, 2.75) is 129 Å². The van der Waals surface area contributed by atoms with E-state index >= 15 is 0 Å². The molecule has 0 radical (unpaired) electrons. The molecule has 144 valence electrons. The molecule has 0 saturated carbocycles.